The van der Waals surface area contributed by atoms with Crippen LogP contribution in [-0.2, 0) is 11.8 Å². The summed E-state index contributed by atoms with van der Waals surface area (Å²) in [4.78, 5) is 0. The summed E-state index contributed by atoms with van der Waals surface area (Å²) in [7, 11) is 0. The second kappa shape index (κ2) is 21.4. The molecule has 2 aliphatic rings. The highest BCUT2D eigenvalue weighted by Gasteiger charge is 2.46. The molecule has 1 nitrogen and oxygen atoms in total. The van der Waals surface area contributed by atoms with Gasteiger partial charge in [-0.3, -0.25) is 0 Å². The fourth-order valence-electron chi connectivity index (χ4n) is 10.2. The fourth-order valence-corrected chi connectivity index (χ4v) is 10.2. The third kappa shape index (κ3) is 9.87. The van der Waals surface area contributed by atoms with Crippen molar-refractivity contribution in [1.29, 1.82) is 0 Å². The molecule has 0 saturated carbocycles. The lowest BCUT2D eigenvalue weighted by Gasteiger charge is -2.35. The van der Waals surface area contributed by atoms with Crippen LogP contribution >= 0.6 is 0 Å². The van der Waals surface area contributed by atoms with E-state index in [1.54, 1.807) is 0 Å². The molecule has 11 rings (SSSR count). The molecule has 9 aromatic rings. The summed E-state index contributed by atoms with van der Waals surface area (Å²) in [6, 6.07) is 85.6. The second-order valence-electron chi connectivity index (χ2n) is 18.5. The van der Waals surface area contributed by atoms with Crippen molar-refractivity contribution >= 4 is 22.9 Å². The van der Waals surface area contributed by atoms with Crippen molar-refractivity contribution in [2.24, 2.45) is 0 Å². The predicted molar refractivity (Wildman–Crippen MR) is 304 cm³/mol. The Hall–Kier alpha value is -8.52. The average Bonchev–Trinajstić information content (AvgIpc) is 3.71. The zero-order chi connectivity index (χ0) is 48.4. The van der Waals surface area contributed by atoms with Crippen LogP contribution in [0.2, 0.25) is 0 Å². The van der Waals surface area contributed by atoms with E-state index in [-0.39, 0.29) is 0 Å². The SMILES string of the molecule is C1=C\c2ccccc2-c2cc(-c3cccc(-c4cccc(Cc5ccccc5)c4)c3)ccc2N/C=C/C2=C/1C(c1ccccc1)(c1ccccc1)c1ccccc12.CC/C(C)=C\C=C(/C)c1ccccc1. The van der Waals surface area contributed by atoms with E-state index < -0.39 is 5.41 Å². The molecule has 1 aliphatic carbocycles. The Morgan fingerprint density at radius 2 is 1.01 bits per heavy atom. The Labute approximate surface area is 421 Å². The molecule has 0 atom stereocenters. The van der Waals surface area contributed by atoms with Crippen molar-refractivity contribution in [3.63, 3.8) is 0 Å². The quantitative estimate of drug-likeness (QED) is 0.142. The zero-order valence-corrected chi connectivity index (χ0v) is 40.9. The highest BCUT2D eigenvalue weighted by Crippen LogP contribution is 2.55. The van der Waals surface area contributed by atoms with E-state index in [2.05, 4.69) is 293 Å². The van der Waals surface area contributed by atoms with Gasteiger partial charge in [0.1, 0.15) is 0 Å². The first kappa shape index (κ1) is 46.2. The molecule has 71 heavy (non-hydrogen) atoms. The zero-order valence-electron chi connectivity index (χ0n) is 40.9. The van der Waals surface area contributed by atoms with E-state index in [9.17, 15) is 0 Å². The topological polar surface area (TPSA) is 12.0 Å². The second-order valence-corrected chi connectivity index (χ2v) is 18.5. The Balaban J connectivity index is 0.000000361. The maximum atomic E-state index is 3.75. The van der Waals surface area contributed by atoms with Crippen LogP contribution in [0.15, 0.2) is 278 Å². The first-order valence-electron chi connectivity index (χ1n) is 24.9. The van der Waals surface area contributed by atoms with E-state index >= 15 is 0 Å². The molecule has 1 aliphatic heterocycles. The predicted octanol–water partition coefficient (Wildman–Crippen LogP) is 18.5. The van der Waals surface area contributed by atoms with Crippen molar-refractivity contribution in [1.82, 2.24) is 0 Å². The van der Waals surface area contributed by atoms with Crippen LogP contribution in [0.3, 0.4) is 0 Å². The smallest absolute Gasteiger partial charge is 0.0713 e. The highest BCUT2D eigenvalue weighted by molar-refractivity contribution is 5.95. The summed E-state index contributed by atoms with van der Waals surface area (Å²) >= 11 is 0. The minimum atomic E-state index is -0.496. The van der Waals surface area contributed by atoms with Crippen molar-refractivity contribution < 1.29 is 0 Å². The molecule has 0 saturated heterocycles. The van der Waals surface area contributed by atoms with Crippen LogP contribution in [0.5, 0.6) is 0 Å². The molecule has 1 N–H and O–H groups in total. The van der Waals surface area contributed by atoms with Gasteiger partial charge in [0.2, 0.25) is 0 Å². The number of hydrogen-bond acceptors (Lipinski definition) is 1. The van der Waals surface area contributed by atoms with E-state index in [0.717, 1.165) is 24.1 Å². The molecule has 1 heteroatoms. The first-order valence-corrected chi connectivity index (χ1v) is 24.9. The maximum absolute atomic E-state index is 3.75. The standard InChI is InChI=1S/C56H41N.C14H18/c1-4-16-40(17-5-1)36-41-18-14-20-43(37-41)44-21-15-22-45(38-44)46-31-33-55-52(39-46)49-27-11-10-19-42(49)30-32-54-51(34-35-57-55)50-28-12-13-29-53(50)56(54,47-23-6-2-7-24-47)48-25-8-3-9-26-48;1-4-12(2)10-11-13(3)14-8-6-5-7-9-14/h1-35,37-39,57H,36H2;5-11H,4H2,1-3H3/b32-30-,35-34+;12-10-,13-11+. The van der Waals surface area contributed by atoms with Crippen LogP contribution in [0.4, 0.5) is 5.69 Å². The minimum Gasteiger partial charge on any atom is -0.361 e. The Morgan fingerprint density at radius 3 is 1.70 bits per heavy atom. The number of benzene rings is 9. The van der Waals surface area contributed by atoms with E-state index in [1.165, 1.54) is 94.6 Å². The summed E-state index contributed by atoms with van der Waals surface area (Å²) in [6.45, 7) is 6.49. The summed E-state index contributed by atoms with van der Waals surface area (Å²) < 4.78 is 0. The molecule has 0 radical (unpaired) electrons. The Bertz CT molecular complexity index is 3400. The lowest BCUT2D eigenvalue weighted by Crippen LogP contribution is -2.29. The average molecular weight is 914 g/mol. The largest absolute Gasteiger partial charge is 0.361 e. The molecule has 344 valence electrons. The lowest BCUT2D eigenvalue weighted by molar-refractivity contribution is 0.762. The van der Waals surface area contributed by atoms with Crippen molar-refractivity contribution in [2.45, 2.75) is 39.0 Å². The van der Waals surface area contributed by atoms with E-state index in [0.29, 0.717) is 0 Å². The molecule has 0 bridgehead atoms. The van der Waals surface area contributed by atoms with E-state index in [4.69, 9.17) is 0 Å². The number of rotatable bonds is 9. The monoisotopic (exact) mass is 913 g/mol. The lowest BCUT2D eigenvalue weighted by atomic mass is 9.66. The maximum Gasteiger partial charge on any atom is 0.0713 e. The van der Waals surface area contributed by atoms with Gasteiger partial charge in [0.15, 0.2) is 0 Å². The van der Waals surface area contributed by atoms with Gasteiger partial charge in [-0.2, -0.15) is 0 Å². The van der Waals surface area contributed by atoms with Crippen LogP contribution < -0.4 is 5.32 Å². The van der Waals surface area contributed by atoms with Crippen LogP contribution in [-0.4, -0.2) is 0 Å². The van der Waals surface area contributed by atoms with Crippen molar-refractivity contribution in [2.75, 3.05) is 5.32 Å². The van der Waals surface area contributed by atoms with Gasteiger partial charge in [0, 0.05) is 17.5 Å². The van der Waals surface area contributed by atoms with E-state index in [1.807, 2.05) is 6.07 Å². The molecule has 0 spiro atoms. The molecule has 0 fully saturated rings. The number of hydrogen-bond donors (Lipinski definition) is 1. The molecular formula is C70H59N. The van der Waals surface area contributed by atoms with Gasteiger partial charge >= 0.3 is 0 Å². The summed E-state index contributed by atoms with van der Waals surface area (Å²) in [5, 5.41) is 3.75. The molecule has 0 aromatic heterocycles. The molecule has 9 aromatic carbocycles. The van der Waals surface area contributed by atoms with Gasteiger partial charge in [0.25, 0.3) is 0 Å². The molecule has 0 amide bonds. The first-order chi connectivity index (χ1) is 35.0. The van der Waals surface area contributed by atoms with Gasteiger partial charge in [-0.05, 0) is 140 Å². The van der Waals surface area contributed by atoms with Gasteiger partial charge in [-0.15, -0.1) is 0 Å². The Kier molecular flexibility index (Phi) is 13.9. The van der Waals surface area contributed by atoms with Gasteiger partial charge < -0.3 is 5.32 Å². The number of nitrogens with one attached hydrogen (secondary N) is 1. The number of anilines is 1. The van der Waals surface area contributed by atoms with Gasteiger partial charge in [-0.1, -0.05) is 255 Å². The van der Waals surface area contributed by atoms with Gasteiger partial charge in [0.05, 0.1) is 5.41 Å². The third-order valence-electron chi connectivity index (χ3n) is 14.0. The fraction of sp³-hybridized carbons (Fsp3) is 0.0857. The highest BCUT2D eigenvalue weighted by atomic mass is 14.8. The van der Waals surface area contributed by atoms with Crippen LogP contribution in [0.1, 0.15) is 71.7 Å². The molecular weight excluding hydrogens is 855 g/mol. The van der Waals surface area contributed by atoms with Crippen LogP contribution in [0, 0.1) is 0 Å². The number of fused-ring (bicyclic) bond motifs is 5. The molecule has 0 unspecified atom stereocenters. The van der Waals surface area contributed by atoms with Crippen molar-refractivity contribution in [3.8, 4) is 33.4 Å². The summed E-state index contributed by atoms with van der Waals surface area (Å²) in [6.07, 6.45) is 15.5. The van der Waals surface area contributed by atoms with Gasteiger partial charge in [-0.25, -0.2) is 0 Å². The van der Waals surface area contributed by atoms with Crippen LogP contribution in [0.25, 0.3) is 50.6 Å². The normalized spacial score (nSPS) is 14.5. The summed E-state index contributed by atoms with van der Waals surface area (Å²) in [5.41, 5.74) is 23.1. The minimum absolute atomic E-state index is 0.496. The summed E-state index contributed by atoms with van der Waals surface area (Å²) in [5.74, 6) is 0. The molecule has 1 heterocycles. The Morgan fingerprint density at radius 1 is 0.451 bits per heavy atom. The van der Waals surface area contributed by atoms with Crippen molar-refractivity contribution in [3.05, 3.63) is 323 Å². The number of allylic oxidation sites excluding steroid dienone is 8. The third-order valence-corrected chi connectivity index (χ3v) is 14.0.